The molecule has 12 heteroatoms. The molecule has 1 aliphatic carbocycles. The van der Waals surface area contributed by atoms with Gasteiger partial charge in [0.2, 0.25) is 10.0 Å². The van der Waals surface area contributed by atoms with Crippen LogP contribution in [0, 0.1) is 11.3 Å². The standard InChI is InChI=1S/C23H20F3N5O3S/c1-13(2)34-16-9-18-19(10-27)21(31(15-5-4-6-15)22(18)29-11-16)20-8-7-17(12-28-20)35(32,33)30-14(3)23(24,25)26/h4-9,11-14,30H,1-3H3/t14-/m0/s1. The lowest BCUT2D eigenvalue weighted by Gasteiger charge is -2.17. The molecular weight excluding hydrogens is 483 g/mol. The predicted octanol–water partition coefficient (Wildman–Crippen LogP) is 4.40. The van der Waals surface area contributed by atoms with Gasteiger partial charge in [-0.1, -0.05) is 6.08 Å². The Balaban J connectivity index is 1.82. The molecule has 0 amide bonds. The largest absolute Gasteiger partial charge is 0.489 e. The maximum absolute atomic E-state index is 12.8. The SMILES string of the molecule is CC(C)Oc1cnc2c(c1)c(C#N)c(-c1ccc(S(=O)(=O)N[C@@H](C)C(F)(F)F)cn1)n2C1=CC=C1. The van der Waals surface area contributed by atoms with Gasteiger partial charge in [-0.2, -0.15) is 23.2 Å². The van der Waals surface area contributed by atoms with E-state index in [0.29, 0.717) is 29.4 Å². The number of fused-ring (bicyclic) bond motifs is 1. The van der Waals surface area contributed by atoms with Gasteiger partial charge in [0, 0.05) is 17.3 Å². The number of pyridine rings is 2. The fourth-order valence-corrected chi connectivity index (χ4v) is 4.64. The van der Waals surface area contributed by atoms with Crippen LogP contribution in [-0.2, 0) is 10.0 Å². The van der Waals surface area contributed by atoms with E-state index in [9.17, 15) is 26.9 Å². The molecule has 0 aromatic carbocycles. The zero-order valence-corrected chi connectivity index (χ0v) is 19.6. The Morgan fingerprint density at radius 2 is 1.89 bits per heavy atom. The molecular formula is C23H20F3N5O3S. The van der Waals surface area contributed by atoms with E-state index in [1.54, 1.807) is 21.6 Å². The molecule has 0 saturated heterocycles. The summed E-state index contributed by atoms with van der Waals surface area (Å²) in [5.41, 5.74) is 2.07. The lowest BCUT2D eigenvalue weighted by Crippen LogP contribution is -2.42. The topological polar surface area (TPSA) is 110 Å². The first-order valence-corrected chi connectivity index (χ1v) is 12.0. The first-order valence-electron chi connectivity index (χ1n) is 10.5. The first-order chi connectivity index (χ1) is 16.4. The Kier molecular flexibility index (Phi) is 6.16. The Labute approximate surface area is 199 Å². The van der Waals surface area contributed by atoms with Crippen molar-refractivity contribution >= 4 is 26.8 Å². The van der Waals surface area contributed by atoms with Gasteiger partial charge in [0.1, 0.15) is 28.4 Å². The number of hydrogen-bond donors (Lipinski definition) is 1. The van der Waals surface area contributed by atoms with Crippen LogP contribution in [0.2, 0.25) is 0 Å². The molecule has 8 nitrogen and oxygen atoms in total. The minimum Gasteiger partial charge on any atom is -0.489 e. The van der Waals surface area contributed by atoms with Crippen LogP contribution in [-0.4, -0.2) is 41.3 Å². The van der Waals surface area contributed by atoms with E-state index in [1.165, 1.54) is 6.07 Å². The fraction of sp³-hybridized carbons (Fsp3) is 0.261. The van der Waals surface area contributed by atoms with Crippen LogP contribution in [0.15, 0.2) is 53.7 Å². The van der Waals surface area contributed by atoms with Crippen molar-refractivity contribution in [3.63, 3.8) is 0 Å². The highest BCUT2D eigenvalue weighted by atomic mass is 32.2. The zero-order valence-electron chi connectivity index (χ0n) is 18.8. The van der Waals surface area contributed by atoms with Crippen molar-refractivity contribution in [1.82, 2.24) is 19.3 Å². The molecule has 4 rings (SSSR count). The first kappa shape index (κ1) is 24.4. The summed E-state index contributed by atoms with van der Waals surface area (Å²) in [6, 6.07) is 4.07. The van der Waals surface area contributed by atoms with E-state index >= 15 is 0 Å². The third-order valence-corrected chi connectivity index (χ3v) is 6.70. The number of allylic oxidation sites excluding steroid dienone is 4. The van der Waals surface area contributed by atoms with Crippen molar-refractivity contribution in [3.8, 4) is 23.2 Å². The quantitative estimate of drug-likeness (QED) is 0.512. The highest BCUT2D eigenvalue weighted by Gasteiger charge is 2.39. The van der Waals surface area contributed by atoms with Crippen LogP contribution in [0.4, 0.5) is 13.2 Å². The van der Waals surface area contributed by atoms with E-state index in [-0.39, 0.29) is 17.4 Å². The summed E-state index contributed by atoms with van der Waals surface area (Å²) in [6.07, 6.45) is 3.08. The monoisotopic (exact) mass is 503 g/mol. The Morgan fingerprint density at radius 1 is 1.17 bits per heavy atom. The van der Waals surface area contributed by atoms with Crippen LogP contribution < -0.4 is 9.46 Å². The lowest BCUT2D eigenvalue weighted by atomic mass is 10.1. The molecule has 3 aromatic heterocycles. The van der Waals surface area contributed by atoms with E-state index in [2.05, 4.69) is 16.0 Å². The van der Waals surface area contributed by atoms with Crippen molar-refractivity contribution in [2.24, 2.45) is 0 Å². The van der Waals surface area contributed by atoms with Gasteiger partial charge in [0.25, 0.3) is 0 Å². The normalized spacial score (nSPS) is 14.5. The summed E-state index contributed by atoms with van der Waals surface area (Å²) in [5.74, 6) is 0.477. The van der Waals surface area contributed by atoms with E-state index < -0.39 is 27.1 Å². The minimum absolute atomic E-state index is 0.108. The highest BCUT2D eigenvalue weighted by Crippen LogP contribution is 2.37. The van der Waals surface area contributed by atoms with Gasteiger partial charge in [0.15, 0.2) is 0 Å². The molecule has 0 fully saturated rings. The van der Waals surface area contributed by atoms with E-state index in [0.717, 1.165) is 18.0 Å². The van der Waals surface area contributed by atoms with E-state index in [1.807, 2.05) is 32.1 Å². The number of nitrogens with one attached hydrogen (secondary N) is 1. The number of alkyl halides is 3. The number of hydrogen-bond acceptors (Lipinski definition) is 6. The number of nitrogens with zero attached hydrogens (tertiary/aromatic N) is 4. The summed E-state index contributed by atoms with van der Waals surface area (Å²) >= 11 is 0. The van der Waals surface area contributed by atoms with Crippen molar-refractivity contribution in [1.29, 1.82) is 5.26 Å². The van der Waals surface area contributed by atoms with Gasteiger partial charge in [-0.3, -0.25) is 9.55 Å². The van der Waals surface area contributed by atoms with Crippen molar-refractivity contribution in [2.75, 3.05) is 0 Å². The summed E-state index contributed by atoms with van der Waals surface area (Å²) < 4.78 is 72.3. The minimum atomic E-state index is -4.74. The van der Waals surface area contributed by atoms with Crippen LogP contribution in [0.5, 0.6) is 5.75 Å². The van der Waals surface area contributed by atoms with Crippen LogP contribution >= 0.6 is 0 Å². The molecule has 1 N–H and O–H groups in total. The zero-order chi connectivity index (χ0) is 25.5. The number of rotatable bonds is 7. The fourth-order valence-electron chi connectivity index (χ4n) is 3.47. The maximum Gasteiger partial charge on any atom is 0.404 e. The number of sulfonamides is 1. The molecule has 182 valence electrons. The van der Waals surface area contributed by atoms with Gasteiger partial charge in [-0.15, -0.1) is 0 Å². The molecule has 0 bridgehead atoms. The third-order valence-electron chi connectivity index (χ3n) is 5.17. The Morgan fingerprint density at radius 3 is 2.40 bits per heavy atom. The summed E-state index contributed by atoms with van der Waals surface area (Å²) in [4.78, 5) is 8.22. The number of halogens is 3. The third kappa shape index (κ3) is 4.65. The maximum atomic E-state index is 12.8. The Bertz CT molecular complexity index is 1500. The van der Waals surface area contributed by atoms with Gasteiger partial charge in [0.05, 0.1) is 29.3 Å². The Hall–Kier alpha value is -3.69. The average Bonchev–Trinajstić information content (AvgIpc) is 3.04. The molecule has 0 radical (unpaired) electrons. The van der Waals surface area contributed by atoms with Crippen LogP contribution in [0.3, 0.4) is 0 Å². The lowest BCUT2D eigenvalue weighted by molar-refractivity contribution is -0.147. The summed E-state index contributed by atoms with van der Waals surface area (Å²) in [6.45, 7) is 4.43. The second-order valence-electron chi connectivity index (χ2n) is 8.09. The molecule has 0 saturated carbocycles. The molecule has 35 heavy (non-hydrogen) atoms. The van der Waals surface area contributed by atoms with Crippen LogP contribution in [0.25, 0.3) is 28.1 Å². The predicted molar refractivity (Wildman–Crippen MR) is 123 cm³/mol. The number of ether oxygens (including phenoxy) is 1. The molecule has 3 heterocycles. The number of nitriles is 1. The van der Waals surface area contributed by atoms with Gasteiger partial charge in [-0.25, -0.2) is 13.4 Å². The molecule has 0 spiro atoms. The van der Waals surface area contributed by atoms with Gasteiger partial charge < -0.3 is 4.74 Å². The summed E-state index contributed by atoms with van der Waals surface area (Å²) in [5, 5.41) is 10.5. The molecule has 1 aliphatic rings. The average molecular weight is 504 g/mol. The van der Waals surface area contributed by atoms with Crippen molar-refractivity contribution < 1.29 is 26.3 Å². The highest BCUT2D eigenvalue weighted by molar-refractivity contribution is 7.89. The smallest absolute Gasteiger partial charge is 0.404 e. The van der Waals surface area contributed by atoms with Gasteiger partial charge >= 0.3 is 6.18 Å². The van der Waals surface area contributed by atoms with Crippen molar-refractivity contribution in [3.05, 3.63) is 54.4 Å². The second kappa shape index (κ2) is 8.83. The molecule has 0 aliphatic heterocycles. The van der Waals surface area contributed by atoms with Gasteiger partial charge in [-0.05, 0) is 51.1 Å². The van der Waals surface area contributed by atoms with E-state index in [4.69, 9.17) is 4.74 Å². The molecule has 3 aromatic rings. The van der Waals surface area contributed by atoms with Crippen molar-refractivity contribution in [2.45, 2.75) is 44.0 Å². The molecule has 0 unspecified atom stereocenters. The molecule has 1 atom stereocenters. The second-order valence-corrected chi connectivity index (χ2v) is 9.81. The van der Waals surface area contributed by atoms with Crippen LogP contribution in [0.1, 0.15) is 26.3 Å². The number of aromatic nitrogens is 3. The summed E-state index contributed by atoms with van der Waals surface area (Å²) in [7, 11) is -4.47.